The van der Waals surface area contributed by atoms with Crippen molar-refractivity contribution in [3.8, 4) is 17.4 Å². The molecule has 0 aliphatic rings. The summed E-state index contributed by atoms with van der Waals surface area (Å²) in [5, 5.41) is 12.9. The first-order chi connectivity index (χ1) is 10.1. The Morgan fingerprint density at radius 1 is 1.29 bits per heavy atom. The van der Waals surface area contributed by atoms with Crippen LogP contribution < -0.4 is 14.8 Å². The SMILES string of the molecule is COc1cc(CNc2cccnc2OC(C)C)ccc1O. The number of nitrogens with zero attached hydrogens (tertiary/aromatic N) is 1. The summed E-state index contributed by atoms with van der Waals surface area (Å²) in [6.07, 6.45) is 1.76. The Labute approximate surface area is 124 Å². The number of phenolic OH excluding ortho intramolecular Hbond substituents is 1. The summed E-state index contributed by atoms with van der Waals surface area (Å²) < 4.78 is 10.8. The van der Waals surface area contributed by atoms with Crippen LogP contribution in [0.3, 0.4) is 0 Å². The molecule has 0 fully saturated rings. The number of hydrogen-bond acceptors (Lipinski definition) is 5. The Hall–Kier alpha value is -2.43. The molecule has 0 saturated heterocycles. The molecule has 0 unspecified atom stereocenters. The van der Waals surface area contributed by atoms with Crippen LogP contribution in [-0.2, 0) is 6.54 Å². The summed E-state index contributed by atoms with van der Waals surface area (Å²) in [5.74, 6) is 1.17. The van der Waals surface area contributed by atoms with Crippen molar-refractivity contribution < 1.29 is 14.6 Å². The minimum atomic E-state index is 0.0641. The topological polar surface area (TPSA) is 63.6 Å². The molecule has 2 N–H and O–H groups in total. The van der Waals surface area contributed by atoms with Gasteiger partial charge in [-0.1, -0.05) is 6.07 Å². The number of rotatable bonds is 6. The Morgan fingerprint density at radius 2 is 2.10 bits per heavy atom. The fraction of sp³-hybridized carbons (Fsp3) is 0.312. The molecule has 0 spiro atoms. The van der Waals surface area contributed by atoms with Crippen molar-refractivity contribution in [3.63, 3.8) is 0 Å². The molecule has 1 heterocycles. The average Bonchev–Trinajstić information content (AvgIpc) is 2.47. The maximum absolute atomic E-state index is 9.59. The van der Waals surface area contributed by atoms with Crippen molar-refractivity contribution in [1.29, 1.82) is 0 Å². The first-order valence-corrected chi connectivity index (χ1v) is 6.81. The van der Waals surface area contributed by atoms with Gasteiger partial charge in [-0.3, -0.25) is 0 Å². The molecule has 2 rings (SSSR count). The molecule has 5 heteroatoms. The highest BCUT2D eigenvalue weighted by atomic mass is 16.5. The van der Waals surface area contributed by atoms with Gasteiger partial charge in [-0.2, -0.15) is 0 Å². The van der Waals surface area contributed by atoms with Crippen molar-refractivity contribution in [1.82, 2.24) is 4.98 Å². The number of methoxy groups -OCH3 is 1. The van der Waals surface area contributed by atoms with Gasteiger partial charge >= 0.3 is 0 Å². The van der Waals surface area contributed by atoms with Crippen molar-refractivity contribution >= 4 is 5.69 Å². The Morgan fingerprint density at radius 3 is 2.81 bits per heavy atom. The predicted molar refractivity (Wildman–Crippen MR) is 82.0 cm³/mol. The third kappa shape index (κ3) is 4.02. The molecule has 5 nitrogen and oxygen atoms in total. The smallest absolute Gasteiger partial charge is 0.237 e. The van der Waals surface area contributed by atoms with E-state index in [1.54, 1.807) is 18.3 Å². The molecule has 0 saturated carbocycles. The Bertz CT molecular complexity index is 600. The van der Waals surface area contributed by atoms with E-state index in [4.69, 9.17) is 9.47 Å². The van der Waals surface area contributed by atoms with Gasteiger partial charge < -0.3 is 19.9 Å². The molecule has 0 aliphatic heterocycles. The van der Waals surface area contributed by atoms with Crippen LogP contribution in [0.5, 0.6) is 17.4 Å². The number of ether oxygens (including phenoxy) is 2. The lowest BCUT2D eigenvalue weighted by molar-refractivity contribution is 0.234. The highest BCUT2D eigenvalue weighted by Gasteiger charge is 2.07. The van der Waals surface area contributed by atoms with Gasteiger partial charge in [0.25, 0.3) is 0 Å². The van der Waals surface area contributed by atoms with Crippen LogP contribution in [0.4, 0.5) is 5.69 Å². The number of pyridine rings is 1. The highest BCUT2D eigenvalue weighted by molar-refractivity contribution is 5.53. The van der Waals surface area contributed by atoms with Crippen LogP contribution in [0.1, 0.15) is 19.4 Å². The second kappa shape index (κ2) is 6.83. The summed E-state index contributed by atoms with van der Waals surface area (Å²) in [6.45, 7) is 4.50. The molecule has 1 aromatic carbocycles. The molecule has 2 aromatic rings. The van der Waals surface area contributed by atoms with Crippen molar-refractivity contribution in [2.24, 2.45) is 0 Å². The van der Waals surface area contributed by atoms with E-state index < -0.39 is 0 Å². The van der Waals surface area contributed by atoms with E-state index in [0.717, 1.165) is 11.3 Å². The summed E-state index contributed by atoms with van der Waals surface area (Å²) >= 11 is 0. The lowest BCUT2D eigenvalue weighted by Gasteiger charge is -2.14. The highest BCUT2D eigenvalue weighted by Crippen LogP contribution is 2.27. The lowest BCUT2D eigenvalue weighted by atomic mass is 10.2. The fourth-order valence-corrected chi connectivity index (χ4v) is 1.87. The number of aromatic nitrogens is 1. The van der Waals surface area contributed by atoms with Crippen LogP contribution in [0.25, 0.3) is 0 Å². The molecule has 21 heavy (non-hydrogen) atoms. The van der Waals surface area contributed by atoms with E-state index in [1.165, 1.54) is 7.11 Å². The normalized spacial score (nSPS) is 10.5. The number of benzene rings is 1. The van der Waals surface area contributed by atoms with Gasteiger partial charge in [0.1, 0.15) is 0 Å². The molecular formula is C16H20N2O3. The number of phenols is 1. The maximum Gasteiger partial charge on any atom is 0.237 e. The largest absolute Gasteiger partial charge is 0.504 e. The quantitative estimate of drug-likeness (QED) is 0.854. The second-order valence-electron chi connectivity index (χ2n) is 4.88. The van der Waals surface area contributed by atoms with Gasteiger partial charge in [-0.25, -0.2) is 4.98 Å². The molecule has 1 aromatic heterocycles. The van der Waals surface area contributed by atoms with E-state index in [-0.39, 0.29) is 11.9 Å². The molecule has 0 aliphatic carbocycles. The van der Waals surface area contributed by atoms with Gasteiger partial charge in [-0.15, -0.1) is 0 Å². The molecule has 0 atom stereocenters. The third-order valence-electron chi connectivity index (χ3n) is 2.85. The zero-order valence-corrected chi connectivity index (χ0v) is 12.5. The third-order valence-corrected chi connectivity index (χ3v) is 2.85. The van der Waals surface area contributed by atoms with E-state index in [0.29, 0.717) is 18.2 Å². The van der Waals surface area contributed by atoms with Gasteiger partial charge in [0, 0.05) is 12.7 Å². The number of hydrogen-bond donors (Lipinski definition) is 2. The molecule has 112 valence electrons. The van der Waals surface area contributed by atoms with Crippen molar-refractivity contribution in [3.05, 3.63) is 42.1 Å². The summed E-state index contributed by atoms with van der Waals surface area (Å²) in [5.41, 5.74) is 1.82. The zero-order chi connectivity index (χ0) is 15.2. The first kappa shape index (κ1) is 15.0. The number of nitrogens with one attached hydrogen (secondary N) is 1. The zero-order valence-electron chi connectivity index (χ0n) is 12.5. The van der Waals surface area contributed by atoms with Crippen LogP contribution in [0.2, 0.25) is 0 Å². The predicted octanol–water partition coefficient (Wildman–Crippen LogP) is 3.20. The Balaban J connectivity index is 2.09. The van der Waals surface area contributed by atoms with Gasteiger partial charge in [-0.05, 0) is 43.7 Å². The van der Waals surface area contributed by atoms with Gasteiger partial charge in [0.2, 0.25) is 5.88 Å². The summed E-state index contributed by atoms with van der Waals surface area (Å²) in [4.78, 5) is 4.23. The van der Waals surface area contributed by atoms with Crippen LogP contribution >= 0.6 is 0 Å². The van der Waals surface area contributed by atoms with Crippen LogP contribution in [-0.4, -0.2) is 23.3 Å². The number of aromatic hydroxyl groups is 1. The average molecular weight is 288 g/mol. The lowest BCUT2D eigenvalue weighted by Crippen LogP contribution is -2.10. The summed E-state index contributed by atoms with van der Waals surface area (Å²) in [7, 11) is 1.53. The minimum absolute atomic E-state index is 0.0641. The van der Waals surface area contributed by atoms with Gasteiger partial charge in [0.05, 0.1) is 18.9 Å². The second-order valence-corrected chi connectivity index (χ2v) is 4.88. The minimum Gasteiger partial charge on any atom is -0.504 e. The van der Waals surface area contributed by atoms with Crippen LogP contribution in [0.15, 0.2) is 36.5 Å². The van der Waals surface area contributed by atoms with Crippen molar-refractivity contribution in [2.75, 3.05) is 12.4 Å². The van der Waals surface area contributed by atoms with E-state index >= 15 is 0 Å². The first-order valence-electron chi connectivity index (χ1n) is 6.81. The monoisotopic (exact) mass is 288 g/mol. The molecule has 0 amide bonds. The maximum atomic E-state index is 9.59. The van der Waals surface area contributed by atoms with Crippen molar-refractivity contribution in [2.45, 2.75) is 26.5 Å². The van der Waals surface area contributed by atoms with Crippen LogP contribution in [0, 0.1) is 0 Å². The fourth-order valence-electron chi connectivity index (χ4n) is 1.87. The van der Waals surface area contributed by atoms with Gasteiger partial charge in [0.15, 0.2) is 11.5 Å². The summed E-state index contributed by atoms with van der Waals surface area (Å²) in [6, 6.07) is 9.02. The van der Waals surface area contributed by atoms with E-state index in [2.05, 4.69) is 10.3 Å². The van der Waals surface area contributed by atoms with E-state index in [9.17, 15) is 5.11 Å². The number of anilines is 1. The standard InChI is InChI=1S/C16H20N2O3/c1-11(2)21-16-13(5-4-8-17-16)18-10-12-6-7-14(19)15(9-12)20-3/h4-9,11,18-19H,10H2,1-3H3. The Kier molecular flexibility index (Phi) is 4.87. The molecule has 0 radical (unpaired) electrons. The van der Waals surface area contributed by atoms with E-state index in [1.807, 2.05) is 32.0 Å². The molecule has 0 bridgehead atoms. The molecular weight excluding hydrogens is 268 g/mol.